The summed E-state index contributed by atoms with van der Waals surface area (Å²) in [6.45, 7) is 4.47. The lowest BCUT2D eigenvalue weighted by Gasteiger charge is -2.28. The first kappa shape index (κ1) is 12.9. The van der Waals surface area contributed by atoms with E-state index in [0.29, 0.717) is 5.92 Å². The summed E-state index contributed by atoms with van der Waals surface area (Å²) in [7, 11) is 0. The normalized spacial score (nSPS) is 17.1. The van der Waals surface area contributed by atoms with Crippen molar-refractivity contribution in [3.63, 3.8) is 0 Å². The first-order chi connectivity index (χ1) is 8.81. The summed E-state index contributed by atoms with van der Waals surface area (Å²) in [6, 6.07) is 12.2. The maximum Gasteiger partial charge on any atom is 0.0881 e. The van der Waals surface area contributed by atoms with Crippen molar-refractivity contribution < 1.29 is 0 Å². The van der Waals surface area contributed by atoms with Crippen LogP contribution >= 0.6 is 0 Å². The fourth-order valence-corrected chi connectivity index (χ4v) is 2.51. The molecule has 1 radical (unpaired) electrons. The lowest BCUT2D eigenvalue weighted by atomic mass is 9.85. The lowest BCUT2D eigenvalue weighted by Crippen LogP contribution is -2.27. The molecule has 18 heavy (non-hydrogen) atoms. The molecule has 1 heterocycles. The van der Waals surface area contributed by atoms with Gasteiger partial charge in [-0.2, -0.15) is 0 Å². The molecule has 0 saturated carbocycles. The quantitative estimate of drug-likeness (QED) is 0.811. The molecule has 0 aliphatic carbocycles. The third kappa shape index (κ3) is 3.25. The molecule has 0 saturated heterocycles. The standard InChI is InChI=1S/C17H22N/c1-3-16(17-14(2)8-7-13-18-17)12-11-15-9-5-4-6-10-15/h4-10,13,16,18H,3,11-12H2,1-2H3. The van der Waals surface area contributed by atoms with Gasteiger partial charge in [0.2, 0.25) is 0 Å². The zero-order valence-electron chi connectivity index (χ0n) is 11.3. The molecular formula is C17H22N. The van der Waals surface area contributed by atoms with Crippen molar-refractivity contribution >= 4 is 0 Å². The van der Waals surface area contributed by atoms with Gasteiger partial charge in [-0.15, -0.1) is 0 Å². The van der Waals surface area contributed by atoms with Crippen molar-refractivity contribution in [3.05, 3.63) is 65.9 Å². The van der Waals surface area contributed by atoms with E-state index in [1.807, 2.05) is 6.20 Å². The van der Waals surface area contributed by atoms with Crippen molar-refractivity contribution in [2.24, 2.45) is 5.92 Å². The van der Waals surface area contributed by atoms with E-state index in [1.165, 1.54) is 30.0 Å². The minimum atomic E-state index is 0.631. The molecule has 0 spiro atoms. The largest absolute Gasteiger partial charge is 0.379 e. The smallest absolute Gasteiger partial charge is 0.0881 e. The first-order valence-corrected chi connectivity index (χ1v) is 6.82. The average Bonchev–Trinajstić information content (AvgIpc) is 2.42. The van der Waals surface area contributed by atoms with Crippen LogP contribution in [0.2, 0.25) is 0 Å². The summed E-state index contributed by atoms with van der Waals surface area (Å²) < 4.78 is 0. The topological polar surface area (TPSA) is 12.0 Å². The second-order valence-corrected chi connectivity index (χ2v) is 4.90. The van der Waals surface area contributed by atoms with Crippen LogP contribution in [0.4, 0.5) is 0 Å². The number of aryl methyl sites for hydroxylation is 1. The SMILES string of the molecule is CCC(CCc1ccccc1)[C]1NC=CC=C1C. The fraction of sp³-hybridized carbons (Fsp3) is 0.353. The Bertz CT molecular complexity index is 416. The molecule has 1 nitrogen and oxygen atoms in total. The molecule has 0 bridgehead atoms. The van der Waals surface area contributed by atoms with Gasteiger partial charge in [0.1, 0.15) is 0 Å². The first-order valence-electron chi connectivity index (χ1n) is 6.82. The molecule has 0 fully saturated rings. The highest BCUT2D eigenvalue weighted by molar-refractivity contribution is 5.31. The summed E-state index contributed by atoms with van der Waals surface area (Å²) in [6.07, 6.45) is 9.85. The number of hydrogen-bond acceptors (Lipinski definition) is 1. The van der Waals surface area contributed by atoms with E-state index in [1.54, 1.807) is 0 Å². The van der Waals surface area contributed by atoms with Crippen LogP contribution in [0.1, 0.15) is 32.3 Å². The molecule has 2 rings (SSSR count). The second-order valence-electron chi connectivity index (χ2n) is 4.90. The number of allylic oxidation sites excluding steroid dienone is 2. The number of dihydropyridines is 1. The highest BCUT2D eigenvalue weighted by atomic mass is 14.9. The van der Waals surface area contributed by atoms with Crippen molar-refractivity contribution in [2.75, 3.05) is 0 Å². The number of hydrogen-bond donors (Lipinski definition) is 1. The van der Waals surface area contributed by atoms with Crippen LogP contribution in [-0.4, -0.2) is 0 Å². The van der Waals surface area contributed by atoms with E-state index in [-0.39, 0.29) is 0 Å². The van der Waals surface area contributed by atoms with Crippen LogP contribution in [0.25, 0.3) is 0 Å². The van der Waals surface area contributed by atoms with Crippen LogP contribution in [0.15, 0.2) is 54.3 Å². The molecule has 1 aromatic rings. The van der Waals surface area contributed by atoms with E-state index in [2.05, 4.69) is 61.6 Å². The van der Waals surface area contributed by atoms with Gasteiger partial charge in [-0.3, -0.25) is 0 Å². The van der Waals surface area contributed by atoms with E-state index in [0.717, 1.165) is 6.42 Å². The van der Waals surface area contributed by atoms with Gasteiger partial charge in [0.15, 0.2) is 0 Å². The Morgan fingerprint density at radius 2 is 1.94 bits per heavy atom. The van der Waals surface area contributed by atoms with Crippen LogP contribution < -0.4 is 5.32 Å². The molecule has 0 amide bonds. The molecule has 1 N–H and O–H groups in total. The molecule has 1 unspecified atom stereocenters. The van der Waals surface area contributed by atoms with Crippen LogP contribution in [0, 0.1) is 12.0 Å². The molecule has 1 atom stereocenters. The van der Waals surface area contributed by atoms with Gasteiger partial charge in [-0.05, 0) is 49.1 Å². The average molecular weight is 240 g/mol. The Morgan fingerprint density at radius 3 is 2.61 bits per heavy atom. The molecule has 0 aromatic heterocycles. The zero-order valence-corrected chi connectivity index (χ0v) is 11.3. The zero-order chi connectivity index (χ0) is 12.8. The predicted octanol–water partition coefficient (Wildman–Crippen LogP) is 4.24. The lowest BCUT2D eigenvalue weighted by molar-refractivity contribution is 0.465. The molecule has 1 aliphatic rings. The summed E-state index contributed by atoms with van der Waals surface area (Å²) in [4.78, 5) is 0. The molecular weight excluding hydrogens is 218 g/mol. The van der Waals surface area contributed by atoms with E-state index >= 15 is 0 Å². The molecule has 1 aliphatic heterocycles. The number of nitrogens with one attached hydrogen (secondary N) is 1. The highest BCUT2D eigenvalue weighted by Gasteiger charge is 2.22. The molecule has 95 valence electrons. The van der Waals surface area contributed by atoms with E-state index < -0.39 is 0 Å². The maximum absolute atomic E-state index is 3.42. The fourth-order valence-electron chi connectivity index (χ4n) is 2.51. The Labute approximate surface area is 111 Å². The summed E-state index contributed by atoms with van der Waals surface area (Å²) in [5, 5.41) is 3.42. The summed E-state index contributed by atoms with van der Waals surface area (Å²) in [5.41, 5.74) is 2.81. The van der Waals surface area contributed by atoms with Gasteiger partial charge in [-0.25, -0.2) is 0 Å². The predicted molar refractivity (Wildman–Crippen MR) is 77.8 cm³/mol. The van der Waals surface area contributed by atoms with Crippen molar-refractivity contribution in [3.8, 4) is 0 Å². The van der Waals surface area contributed by atoms with Gasteiger partial charge in [0.05, 0.1) is 6.04 Å². The minimum Gasteiger partial charge on any atom is -0.379 e. The molecule has 1 heteroatoms. The second kappa shape index (κ2) is 6.44. The van der Waals surface area contributed by atoms with E-state index in [9.17, 15) is 0 Å². The van der Waals surface area contributed by atoms with Crippen LogP contribution in [0.5, 0.6) is 0 Å². The Hall–Kier alpha value is -1.50. The van der Waals surface area contributed by atoms with Crippen LogP contribution in [0.3, 0.4) is 0 Å². The number of rotatable bonds is 5. The van der Waals surface area contributed by atoms with Gasteiger partial charge in [0.25, 0.3) is 0 Å². The van der Waals surface area contributed by atoms with Crippen molar-refractivity contribution in [1.29, 1.82) is 0 Å². The van der Waals surface area contributed by atoms with Gasteiger partial charge >= 0.3 is 0 Å². The monoisotopic (exact) mass is 240 g/mol. The van der Waals surface area contributed by atoms with Gasteiger partial charge in [0, 0.05) is 0 Å². The third-order valence-electron chi connectivity index (χ3n) is 3.63. The van der Waals surface area contributed by atoms with Gasteiger partial charge < -0.3 is 5.32 Å². The van der Waals surface area contributed by atoms with Crippen LogP contribution in [-0.2, 0) is 6.42 Å². The maximum atomic E-state index is 3.42. The highest BCUT2D eigenvalue weighted by Crippen LogP contribution is 2.29. The summed E-state index contributed by atoms with van der Waals surface area (Å²) >= 11 is 0. The Kier molecular flexibility index (Phi) is 4.63. The minimum absolute atomic E-state index is 0.631. The molecule has 1 aromatic carbocycles. The number of benzene rings is 1. The van der Waals surface area contributed by atoms with Gasteiger partial charge in [-0.1, -0.05) is 49.8 Å². The summed E-state index contributed by atoms with van der Waals surface area (Å²) in [5.74, 6) is 0.631. The Morgan fingerprint density at radius 1 is 1.17 bits per heavy atom. The van der Waals surface area contributed by atoms with E-state index in [4.69, 9.17) is 0 Å². The van der Waals surface area contributed by atoms with Crippen molar-refractivity contribution in [2.45, 2.75) is 33.1 Å². The Balaban J connectivity index is 1.94. The third-order valence-corrected chi connectivity index (χ3v) is 3.63. The van der Waals surface area contributed by atoms with Crippen molar-refractivity contribution in [1.82, 2.24) is 5.32 Å².